The van der Waals surface area contributed by atoms with Crippen molar-refractivity contribution >= 4 is 34.9 Å². The first-order valence-corrected chi connectivity index (χ1v) is 7.27. The molecule has 2 N–H and O–H groups in total. The van der Waals surface area contributed by atoms with E-state index in [1.54, 1.807) is 6.07 Å². The Labute approximate surface area is 134 Å². The molecule has 0 aromatic heterocycles. The number of hydrogen-bond donors (Lipinski definition) is 2. The Morgan fingerprint density at radius 2 is 1.90 bits per heavy atom. The van der Waals surface area contributed by atoms with Gasteiger partial charge in [0.05, 0.1) is 10.7 Å². The molecule has 0 atom stereocenters. The predicted molar refractivity (Wildman–Crippen MR) is 88.2 cm³/mol. The lowest BCUT2D eigenvalue weighted by atomic mass is 10.1. The van der Waals surface area contributed by atoms with E-state index in [0.29, 0.717) is 22.3 Å². The standard InChI is InChI=1S/C16H16Cl2N2O/c1-10-6-11(2)15(14(18)7-10)20-16(21)19-9-12-4-3-5-13(17)8-12/h3-8H,9H2,1-2H3,(H2,19,20,21). The molecule has 0 bridgehead atoms. The molecule has 0 heterocycles. The first kappa shape index (κ1) is 15.7. The minimum absolute atomic E-state index is 0.302. The smallest absolute Gasteiger partial charge is 0.319 e. The van der Waals surface area contributed by atoms with E-state index in [2.05, 4.69) is 10.6 Å². The van der Waals surface area contributed by atoms with Gasteiger partial charge in [-0.2, -0.15) is 0 Å². The quantitative estimate of drug-likeness (QED) is 0.826. The lowest BCUT2D eigenvalue weighted by molar-refractivity contribution is 0.251. The molecule has 2 amide bonds. The molecule has 110 valence electrons. The highest BCUT2D eigenvalue weighted by Crippen LogP contribution is 2.27. The van der Waals surface area contributed by atoms with E-state index < -0.39 is 0 Å². The number of carbonyl (C=O) groups excluding carboxylic acids is 1. The van der Waals surface area contributed by atoms with E-state index >= 15 is 0 Å². The number of amides is 2. The van der Waals surface area contributed by atoms with Crippen LogP contribution in [0.1, 0.15) is 16.7 Å². The summed E-state index contributed by atoms with van der Waals surface area (Å²) in [6, 6.07) is 10.8. The normalized spacial score (nSPS) is 10.3. The van der Waals surface area contributed by atoms with Crippen LogP contribution >= 0.6 is 23.2 Å². The molecule has 0 saturated carbocycles. The van der Waals surface area contributed by atoms with Crippen LogP contribution in [0.25, 0.3) is 0 Å². The van der Waals surface area contributed by atoms with Crippen LogP contribution in [0.5, 0.6) is 0 Å². The Morgan fingerprint density at radius 3 is 2.57 bits per heavy atom. The lowest BCUT2D eigenvalue weighted by Crippen LogP contribution is -2.28. The molecule has 0 spiro atoms. The molecule has 0 radical (unpaired) electrons. The second-order valence-electron chi connectivity index (χ2n) is 4.88. The van der Waals surface area contributed by atoms with Crippen molar-refractivity contribution in [2.75, 3.05) is 5.32 Å². The third-order valence-electron chi connectivity index (χ3n) is 3.01. The van der Waals surface area contributed by atoms with Gasteiger partial charge in [-0.15, -0.1) is 0 Å². The second kappa shape index (κ2) is 6.83. The van der Waals surface area contributed by atoms with Gasteiger partial charge in [-0.3, -0.25) is 0 Å². The van der Waals surface area contributed by atoms with Crippen molar-refractivity contribution in [3.8, 4) is 0 Å². The van der Waals surface area contributed by atoms with Crippen LogP contribution in [0.2, 0.25) is 10.0 Å². The molecule has 21 heavy (non-hydrogen) atoms. The molecule has 0 aliphatic carbocycles. The van der Waals surface area contributed by atoms with Crippen LogP contribution in [-0.2, 0) is 6.54 Å². The number of urea groups is 1. The number of aryl methyl sites for hydroxylation is 2. The Kier molecular flexibility index (Phi) is 5.10. The van der Waals surface area contributed by atoms with E-state index in [0.717, 1.165) is 16.7 Å². The maximum absolute atomic E-state index is 11.9. The zero-order valence-electron chi connectivity index (χ0n) is 11.8. The van der Waals surface area contributed by atoms with E-state index in [1.165, 1.54) is 0 Å². The van der Waals surface area contributed by atoms with Crippen LogP contribution < -0.4 is 10.6 Å². The predicted octanol–water partition coefficient (Wildman–Crippen LogP) is 4.93. The summed E-state index contributed by atoms with van der Waals surface area (Å²) in [5.41, 5.74) is 3.55. The zero-order chi connectivity index (χ0) is 15.4. The summed E-state index contributed by atoms with van der Waals surface area (Å²) in [5.74, 6) is 0. The van der Waals surface area contributed by atoms with Crippen molar-refractivity contribution in [2.24, 2.45) is 0 Å². The van der Waals surface area contributed by atoms with Gasteiger partial charge in [0.25, 0.3) is 0 Å². The third kappa shape index (κ3) is 4.38. The van der Waals surface area contributed by atoms with Gasteiger partial charge >= 0.3 is 6.03 Å². The van der Waals surface area contributed by atoms with Crippen LogP contribution in [0, 0.1) is 13.8 Å². The van der Waals surface area contributed by atoms with Gasteiger partial charge in [0.15, 0.2) is 0 Å². The van der Waals surface area contributed by atoms with Crippen LogP contribution in [0.4, 0.5) is 10.5 Å². The van der Waals surface area contributed by atoms with E-state index in [4.69, 9.17) is 23.2 Å². The number of nitrogens with one attached hydrogen (secondary N) is 2. The molecule has 2 aromatic carbocycles. The number of halogens is 2. The highest BCUT2D eigenvalue weighted by molar-refractivity contribution is 6.34. The number of rotatable bonds is 3. The van der Waals surface area contributed by atoms with Crippen molar-refractivity contribution in [3.63, 3.8) is 0 Å². The van der Waals surface area contributed by atoms with Gasteiger partial charge in [-0.05, 0) is 48.7 Å². The summed E-state index contributed by atoms with van der Waals surface area (Å²) < 4.78 is 0. The highest BCUT2D eigenvalue weighted by Gasteiger charge is 2.09. The summed E-state index contributed by atoms with van der Waals surface area (Å²) in [6.45, 7) is 4.27. The Bertz CT molecular complexity index is 648. The van der Waals surface area contributed by atoms with Gasteiger partial charge < -0.3 is 10.6 Å². The largest absolute Gasteiger partial charge is 0.334 e. The SMILES string of the molecule is Cc1cc(C)c(NC(=O)NCc2cccc(Cl)c2)c(Cl)c1. The second-order valence-corrected chi connectivity index (χ2v) is 5.72. The summed E-state index contributed by atoms with van der Waals surface area (Å²) in [4.78, 5) is 11.9. The first-order valence-electron chi connectivity index (χ1n) is 6.52. The number of carbonyl (C=O) groups is 1. The summed E-state index contributed by atoms with van der Waals surface area (Å²) in [7, 11) is 0. The van der Waals surface area contributed by atoms with Crippen molar-refractivity contribution in [3.05, 3.63) is 63.1 Å². The topological polar surface area (TPSA) is 41.1 Å². The van der Waals surface area contributed by atoms with Gasteiger partial charge in [0.2, 0.25) is 0 Å². The maximum Gasteiger partial charge on any atom is 0.319 e. The van der Waals surface area contributed by atoms with E-state index in [-0.39, 0.29) is 6.03 Å². The number of benzene rings is 2. The molecular formula is C16H16Cl2N2O. The average molecular weight is 323 g/mol. The van der Waals surface area contributed by atoms with Crippen molar-refractivity contribution in [2.45, 2.75) is 20.4 Å². The van der Waals surface area contributed by atoms with E-state index in [1.807, 2.05) is 44.2 Å². The van der Waals surface area contributed by atoms with Crippen molar-refractivity contribution < 1.29 is 4.79 Å². The molecule has 3 nitrogen and oxygen atoms in total. The molecule has 0 unspecified atom stereocenters. The average Bonchev–Trinajstić information content (AvgIpc) is 2.40. The Hall–Kier alpha value is -1.71. The fourth-order valence-electron chi connectivity index (χ4n) is 2.06. The van der Waals surface area contributed by atoms with Gasteiger partial charge in [-0.25, -0.2) is 4.79 Å². The summed E-state index contributed by atoms with van der Waals surface area (Å²) in [6.07, 6.45) is 0. The molecule has 2 aromatic rings. The van der Waals surface area contributed by atoms with Gasteiger partial charge in [-0.1, -0.05) is 41.4 Å². The number of anilines is 1. The fraction of sp³-hybridized carbons (Fsp3) is 0.188. The Morgan fingerprint density at radius 1 is 1.14 bits per heavy atom. The molecule has 5 heteroatoms. The summed E-state index contributed by atoms with van der Waals surface area (Å²) >= 11 is 12.1. The fourth-order valence-corrected chi connectivity index (χ4v) is 2.64. The van der Waals surface area contributed by atoms with Gasteiger partial charge in [0, 0.05) is 11.6 Å². The third-order valence-corrected chi connectivity index (χ3v) is 3.55. The molecule has 0 aliphatic rings. The molecular weight excluding hydrogens is 307 g/mol. The van der Waals surface area contributed by atoms with Crippen LogP contribution in [-0.4, -0.2) is 6.03 Å². The maximum atomic E-state index is 11.9. The minimum Gasteiger partial charge on any atom is -0.334 e. The minimum atomic E-state index is -0.302. The summed E-state index contributed by atoms with van der Waals surface area (Å²) in [5, 5.41) is 6.73. The molecule has 2 rings (SSSR count). The van der Waals surface area contributed by atoms with Crippen LogP contribution in [0.15, 0.2) is 36.4 Å². The molecule has 0 saturated heterocycles. The zero-order valence-corrected chi connectivity index (χ0v) is 13.3. The lowest BCUT2D eigenvalue weighted by Gasteiger charge is -2.12. The number of hydrogen-bond acceptors (Lipinski definition) is 1. The highest BCUT2D eigenvalue weighted by atomic mass is 35.5. The van der Waals surface area contributed by atoms with Gasteiger partial charge in [0.1, 0.15) is 0 Å². The first-order chi connectivity index (χ1) is 9.95. The van der Waals surface area contributed by atoms with Crippen molar-refractivity contribution in [1.29, 1.82) is 0 Å². The molecule has 0 fully saturated rings. The van der Waals surface area contributed by atoms with Crippen molar-refractivity contribution in [1.82, 2.24) is 5.32 Å². The van der Waals surface area contributed by atoms with E-state index in [9.17, 15) is 4.79 Å². The van der Waals surface area contributed by atoms with Crippen LogP contribution in [0.3, 0.4) is 0 Å². The monoisotopic (exact) mass is 322 g/mol. The molecule has 0 aliphatic heterocycles. The Balaban J connectivity index is 1.99.